The first-order valence-corrected chi connectivity index (χ1v) is 13.0. The van der Waals surface area contributed by atoms with E-state index in [1.54, 1.807) is 4.90 Å². The van der Waals surface area contributed by atoms with Crippen LogP contribution >= 0.6 is 31.9 Å². The molecule has 0 spiro atoms. The van der Waals surface area contributed by atoms with Crippen LogP contribution in [0.25, 0.3) is 0 Å². The number of hydrogen-bond donors (Lipinski definition) is 0. The Bertz CT molecular complexity index is 928. The molecular formula is C26H27Br2NO2. The third-order valence-electron chi connectivity index (χ3n) is 7.41. The molecule has 162 valence electrons. The number of amides is 2. The van der Waals surface area contributed by atoms with E-state index in [2.05, 4.69) is 63.0 Å². The molecule has 2 aromatic carbocycles. The molecule has 0 unspecified atom stereocenters. The van der Waals surface area contributed by atoms with Gasteiger partial charge in [0.25, 0.3) is 0 Å². The molecule has 5 heteroatoms. The summed E-state index contributed by atoms with van der Waals surface area (Å²) in [4.78, 5) is 29.0. The van der Waals surface area contributed by atoms with Crippen molar-refractivity contribution in [3.63, 3.8) is 0 Å². The minimum atomic E-state index is -0.678. The van der Waals surface area contributed by atoms with E-state index in [0.29, 0.717) is 6.54 Å². The van der Waals surface area contributed by atoms with Crippen molar-refractivity contribution < 1.29 is 9.59 Å². The maximum atomic E-state index is 13.7. The molecular weight excluding hydrogens is 518 g/mol. The smallest absolute Gasteiger partial charge is 0.235 e. The molecule has 0 aromatic heterocycles. The fourth-order valence-corrected chi connectivity index (χ4v) is 8.30. The Morgan fingerprint density at radius 2 is 1.10 bits per heavy atom. The van der Waals surface area contributed by atoms with Crippen LogP contribution in [0.5, 0.6) is 0 Å². The van der Waals surface area contributed by atoms with Crippen LogP contribution in [0, 0.1) is 11.8 Å². The number of halogens is 2. The van der Waals surface area contributed by atoms with Crippen LogP contribution in [-0.4, -0.2) is 23.3 Å². The number of rotatable bonds is 7. The van der Waals surface area contributed by atoms with Crippen LogP contribution in [0.2, 0.25) is 0 Å². The summed E-state index contributed by atoms with van der Waals surface area (Å²) in [5, 5.41) is 0. The molecule has 31 heavy (non-hydrogen) atoms. The highest BCUT2D eigenvalue weighted by molar-refractivity contribution is 9.10. The van der Waals surface area contributed by atoms with Crippen LogP contribution < -0.4 is 0 Å². The molecule has 1 fully saturated rings. The van der Waals surface area contributed by atoms with Crippen molar-refractivity contribution in [3.8, 4) is 0 Å². The standard InChI is InChI=1S/C26H27Br2NO2/c1-2-3-4-5-6-11-16-29-23(30)21-22(24(29)31)26(28)18-13-8-7-12-17(18)25(21,27)19-14-9-10-15-20(19)26/h7-10,12-15,21-22H,2-6,11,16H2,1H3/t21-,22-,25?,26?/m1/s1. The summed E-state index contributed by atoms with van der Waals surface area (Å²) < 4.78 is -1.36. The second-order valence-corrected chi connectivity index (χ2v) is 11.6. The molecule has 0 radical (unpaired) electrons. The van der Waals surface area contributed by atoms with E-state index in [0.717, 1.165) is 35.1 Å². The lowest BCUT2D eigenvalue weighted by Gasteiger charge is -2.55. The molecule has 0 saturated carbocycles. The first kappa shape index (κ1) is 21.4. The number of nitrogens with zero attached hydrogens (tertiary/aromatic N) is 1. The Labute approximate surface area is 200 Å². The lowest BCUT2D eigenvalue weighted by Crippen LogP contribution is -2.56. The van der Waals surface area contributed by atoms with Crippen molar-refractivity contribution in [2.45, 2.75) is 54.1 Å². The van der Waals surface area contributed by atoms with Gasteiger partial charge in [0.15, 0.2) is 0 Å². The van der Waals surface area contributed by atoms with E-state index >= 15 is 0 Å². The molecule has 3 nitrogen and oxygen atoms in total. The highest BCUT2D eigenvalue weighted by Crippen LogP contribution is 2.70. The number of imide groups is 1. The number of hydrogen-bond acceptors (Lipinski definition) is 2. The lowest BCUT2D eigenvalue weighted by molar-refractivity contribution is -0.140. The van der Waals surface area contributed by atoms with E-state index in [-0.39, 0.29) is 11.8 Å². The normalized spacial score (nSPS) is 30.4. The maximum Gasteiger partial charge on any atom is 0.235 e. The second kappa shape index (κ2) is 7.84. The fourth-order valence-electron chi connectivity index (χ4n) is 6.00. The Hall–Kier alpha value is -1.46. The summed E-state index contributed by atoms with van der Waals surface area (Å²) in [7, 11) is 0. The van der Waals surface area contributed by atoms with Gasteiger partial charge in [0.2, 0.25) is 11.8 Å². The molecule has 1 saturated heterocycles. The van der Waals surface area contributed by atoms with Gasteiger partial charge in [0.05, 0.1) is 20.5 Å². The van der Waals surface area contributed by atoms with Crippen LogP contribution in [0.15, 0.2) is 48.5 Å². The summed E-state index contributed by atoms with van der Waals surface area (Å²) in [5.41, 5.74) is 4.37. The molecule has 2 atom stereocenters. The van der Waals surface area contributed by atoms with Crippen molar-refractivity contribution in [2.24, 2.45) is 11.8 Å². The Morgan fingerprint density at radius 3 is 1.52 bits per heavy atom. The number of benzene rings is 2. The lowest BCUT2D eigenvalue weighted by atomic mass is 9.54. The van der Waals surface area contributed by atoms with Crippen LogP contribution in [0.3, 0.4) is 0 Å². The highest BCUT2D eigenvalue weighted by atomic mass is 79.9. The highest BCUT2D eigenvalue weighted by Gasteiger charge is 2.72. The van der Waals surface area contributed by atoms with Gasteiger partial charge < -0.3 is 0 Å². The van der Waals surface area contributed by atoms with E-state index in [1.807, 2.05) is 24.3 Å². The average Bonchev–Trinajstić information content (AvgIpc) is 3.05. The van der Waals surface area contributed by atoms with Crippen LogP contribution in [0.1, 0.15) is 67.7 Å². The molecule has 4 aliphatic rings. The summed E-state index contributed by atoms with van der Waals surface area (Å²) >= 11 is 8.09. The van der Waals surface area contributed by atoms with Gasteiger partial charge in [-0.15, -0.1) is 0 Å². The van der Waals surface area contributed by atoms with Gasteiger partial charge in [-0.25, -0.2) is 0 Å². The third-order valence-corrected chi connectivity index (χ3v) is 10.1. The predicted molar refractivity (Wildman–Crippen MR) is 129 cm³/mol. The van der Waals surface area contributed by atoms with Gasteiger partial charge in [0, 0.05) is 6.54 Å². The largest absolute Gasteiger partial charge is 0.282 e. The maximum absolute atomic E-state index is 13.7. The fraction of sp³-hybridized carbons (Fsp3) is 0.462. The van der Waals surface area contributed by atoms with E-state index in [4.69, 9.17) is 0 Å². The van der Waals surface area contributed by atoms with Gasteiger partial charge in [-0.05, 0) is 28.7 Å². The quantitative estimate of drug-likeness (QED) is 0.234. The van der Waals surface area contributed by atoms with E-state index in [9.17, 15) is 9.59 Å². The first-order chi connectivity index (χ1) is 15.0. The molecule has 0 N–H and O–H groups in total. The van der Waals surface area contributed by atoms with E-state index in [1.165, 1.54) is 25.7 Å². The molecule has 2 aromatic rings. The van der Waals surface area contributed by atoms with Gasteiger partial charge >= 0.3 is 0 Å². The van der Waals surface area contributed by atoms with Gasteiger partial charge in [-0.3, -0.25) is 14.5 Å². The first-order valence-electron chi connectivity index (χ1n) is 11.4. The summed E-state index contributed by atoms with van der Waals surface area (Å²) in [6.45, 7) is 2.73. The third kappa shape index (κ3) is 2.81. The number of unbranched alkanes of at least 4 members (excludes halogenated alkanes) is 5. The zero-order chi connectivity index (χ0) is 21.8. The average molecular weight is 545 g/mol. The number of carbonyl (C=O) groups is 2. The van der Waals surface area contributed by atoms with Crippen molar-refractivity contribution >= 4 is 43.7 Å². The van der Waals surface area contributed by atoms with Crippen molar-refractivity contribution in [1.82, 2.24) is 4.90 Å². The molecule has 3 aliphatic carbocycles. The molecule has 2 bridgehead atoms. The molecule has 6 rings (SSSR count). The van der Waals surface area contributed by atoms with Crippen LogP contribution in [-0.2, 0) is 18.2 Å². The van der Waals surface area contributed by atoms with Crippen molar-refractivity contribution in [2.75, 3.05) is 6.54 Å². The van der Waals surface area contributed by atoms with Gasteiger partial charge in [-0.1, -0.05) is 119 Å². The van der Waals surface area contributed by atoms with Crippen molar-refractivity contribution in [1.29, 1.82) is 0 Å². The van der Waals surface area contributed by atoms with Crippen LogP contribution in [0.4, 0.5) is 0 Å². The SMILES string of the molecule is CCCCCCCCN1C(=O)[C@H]2[C@H](C1=O)C1(Br)c3ccccc3C2(Br)c2ccccc21. The van der Waals surface area contributed by atoms with Gasteiger partial charge in [0.1, 0.15) is 0 Å². The minimum Gasteiger partial charge on any atom is -0.282 e. The molecule has 1 heterocycles. The number of alkyl halides is 2. The Balaban J connectivity index is 1.54. The second-order valence-electron chi connectivity index (χ2n) is 9.07. The summed E-state index contributed by atoms with van der Waals surface area (Å²) in [6.07, 6.45) is 6.80. The monoisotopic (exact) mass is 543 g/mol. The summed E-state index contributed by atoms with van der Waals surface area (Å²) in [5.74, 6) is -0.949. The predicted octanol–water partition coefficient (Wildman–Crippen LogP) is 6.25. The van der Waals surface area contributed by atoms with Gasteiger partial charge in [-0.2, -0.15) is 0 Å². The topological polar surface area (TPSA) is 37.4 Å². The number of carbonyl (C=O) groups excluding carboxylic acids is 2. The van der Waals surface area contributed by atoms with Crippen molar-refractivity contribution in [3.05, 3.63) is 70.8 Å². The zero-order valence-corrected chi connectivity index (χ0v) is 20.9. The number of likely N-dealkylation sites (tertiary alicyclic amines) is 1. The van der Waals surface area contributed by atoms with E-state index < -0.39 is 20.5 Å². The molecule has 1 aliphatic heterocycles. The zero-order valence-electron chi connectivity index (χ0n) is 17.7. The summed E-state index contributed by atoms with van der Waals surface area (Å²) in [6, 6.07) is 16.5. The minimum absolute atomic E-state index is 0.0340. The Morgan fingerprint density at radius 1 is 0.710 bits per heavy atom. The Kier molecular flexibility index (Phi) is 5.41. The molecule has 2 amide bonds.